The fourth-order valence-corrected chi connectivity index (χ4v) is 0. The van der Waals surface area contributed by atoms with Crippen LogP contribution < -0.4 is 0 Å². The zero-order valence-electron chi connectivity index (χ0n) is 1.96. The summed E-state index contributed by atoms with van der Waals surface area (Å²) in [6.45, 7) is 0. The van der Waals surface area contributed by atoms with Crippen LogP contribution in [0.1, 0.15) is 7.43 Å². The summed E-state index contributed by atoms with van der Waals surface area (Å²) in [6.07, 6.45) is 0. The van der Waals surface area contributed by atoms with Crippen LogP contribution in [0.4, 0.5) is 0 Å². The van der Waals surface area contributed by atoms with E-state index in [2.05, 4.69) is 0 Å². The minimum atomic E-state index is 0. The molecule has 0 aliphatic rings. The van der Waals surface area contributed by atoms with E-state index in [-0.39, 0.29) is 86.4 Å². The summed E-state index contributed by atoms with van der Waals surface area (Å²) in [4.78, 5) is 0. The quantitative estimate of drug-likeness (QED) is 0.551. The van der Waals surface area contributed by atoms with E-state index < -0.39 is 0 Å². The SMILES string of the molecule is C.[Cr].[Fe].[Mn].[Ni].[Si]. The van der Waals surface area contributed by atoms with Gasteiger partial charge in [0.15, 0.2) is 0 Å². The molecular weight excluding hydrogens is 262 g/mol. The van der Waals surface area contributed by atoms with E-state index in [1.54, 1.807) is 0 Å². The normalized spacial score (nSPS) is 0. The maximum atomic E-state index is 0. The Morgan fingerprint density at radius 1 is 1.00 bits per heavy atom. The first-order valence-electron chi connectivity index (χ1n) is 0. The van der Waals surface area contributed by atoms with E-state index in [1.165, 1.54) is 0 Å². The molecule has 0 rings (SSSR count). The third-order valence-electron chi connectivity index (χ3n) is 0. The minimum absolute atomic E-state index is 0. The van der Waals surface area contributed by atoms with Crippen molar-refractivity contribution >= 4 is 11.0 Å². The van der Waals surface area contributed by atoms with E-state index in [0.717, 1.165) is 0 Å². The van der Waals surface area contributed by atoms with Crippen molar-refractivity contribution in [2.45, 2.75) is 7.43 Å². The predicted molar refractivity (Wildman–Crippen MR) is 12.5 cm³/mol. The smallest absolute Gasteiger partial charge is 0 e. The van der Waals surface area contributed by atoms with Crippen LogP contribution in [0.2, 0.25) is 0 Å². The Bertz CT molecular complexity index is 15.5. The van der Waals surface area contributed by atoms with Gasteiger partial charge in [-0.1, -0.05) is 7.43 Å². The van der Waals surface area contributed by atoms with Gasteiger partial charge >= 0.3 is 0 Å². The molecule has 0 aromatic carbocycles. The topological polar surface area (TPSA) is 0 Å². The third kappa shape index (κ3) is 33.7. The zero-order valence-corrected chi connectivity index (χ0v) is 7.50. The number of hydrogen-bond donors (Lipinski definition) is 0. The Morgan fingerprint density at radius 3 is 1.00 bits per heavy atom. The summed E-state index contributed by atoms with van der Waals surface area (Å²) < 4.78 is 0. The fourth-order valence-electron chi connectivity index (χ4n) is 0. The van der Waals surface area contributed by atoms with Gasteiger partial charge in [0.2, 0.25) is 0 Å². The van der Waals surface area contributed by atoms with Crippen LogP contribution in [0, 0.1) is 0 Å². The first-order valence-corrected chi connectivity index (χ1v) is 0. The second kappa shape index (κ2) is 55.2. The fraction of sp³-hybridized carbons (Fsp3) is 1.00. The monoisotopic (exact) mass is 265 g/mol. The second-order valence-corrected chi connectivity index (χ2v) is 0. The molecule has 0 amide bonds. The first kappa shape index (κ1) is 84.3. The predicted octanol–water partition coefficient (Wildman–Crippen LogP) is 0.245. The molecule has 6 heavy (non-hydrogen) atoms. The van der Waals surface area contributed by atoms with E-state index >= 15 is 0 Å². The summed E-state index contributed by atoms with van der Waals surface area (Å²) >= 11 is 0. The van der Waals surface area contributed by atoms with Gasteiger partial charge in [0.05, 0.1) is 0 Å². The molecule has 43 valence electrons. The van der Waals surface area contributed by atoms with Crippen LogP contribution in [0.5, 0.6) is 0 Å². The molecular formula is CH4CrFeMnNiSi. The molecule has 0 spiro atoms. The molecule has 0 heterocycles. The number of rotatable bonds is 0. The Morgan fingerprint density at radius 2 is 1.00 bits per heavy atom. The third-order valence-corrected chi connectivity index (χ3v) is 0. The molecule has 0 atom stereocenters. The van der Waals surface area contributed by atoms with Gasteiger partial charge in [0.1, 0.15) is 0 Å². The van der Waals surface area contributed by atoms with Crippen LogP contribution >= 0.6 is 0 Å². The largest absolute Gasteiger partial charge is 0.0776 e. The molecule has 0 aliphatic heterocycles. The van der Waals surface area contributed by atoms with Crippen LogP contribution in [0.15, 0.2) is 0 Å². The van der Waals surface area contributed by atoms with Crippen molar-refractivity contribution in [2.75, 3.05) is 0 Å². The van der Waals surface area contributed by atoms with Crippen molar-refractivity contribution in [3.8, 4) is 0 Å². The standard InChI is InChI=1S/CH4.Cr.Fe.Mn.Ni.Si/h1H4;;;;;. The van der Waals surface area contributed by atoms with E-state index in [1.807, 2.05) is 0 Å². The molecule has 0 aromatic heterocycles. The van der Waals surface area contributed by atoms with Crippen LogP contribution in [-0.2, 0) is 68.0 Å². The van der Waals surface area contributed by atoms with Crippen molar-refractivity contribution < 1.29 is 68.0 Å². The molecule has 0 saturated heterocycles. The Kier molecular flexibility index (Phi) is 776. The van der Waals surface area contributed by atoms with Crippen molar-refractivity contribution in [3.63, 3.8) is 0 Å². The summed E-state index contributed by atoms with van der Waals surface area (Å²) in [5.41, 5.74) is 0. The molecule has 0 N–H and O–H groups in total. The van der Waals surface area contributed by atoms with Crippen LogP contribution in [0.25, 0.3) is 0 Å². The maximum absolute atomic E-state index is 0. The average Bonchev–Trinajstić information content (AvgIpc) is 0. The molecule has 0 fully saturated rings. The maximum Gasteiger partial charge on any atom is 0 e. The first-order chi connectivity index (χ1) is 0. The van der Waals surface area contributed by atoms with Gasteiger partial charge in [-0.25, -0.2) is 0 Å². The molecule has 0 aliphatic carbocycles. The Labute approximate surface area is 85.6 Å². The van der Waals surface area contributed by atoms with Gasteiger partial charge in [-0.15, -0.1) is 0 Å². The van der Waals surface area contributed by atoms with Gasteiger partial charge in [-0.2, -0.15) is 0 Å². The Balaban J connectivity index is 0. The molecule has 5 radical (unpaired) electrons. The second-order valence-electron chi connectivity index (χ2n) is 0. The molecule has 0 unspecified atom stereocenters. The van der Waals surface area contributed by atoms with Crippen molar-refractivity contribution in [2.24, 2.45) is 0 Å². The summed E-state index contributed by atoms with van der Waals surface area (Å²) in [6, 6.07) is 0. The van der Waals surface area contributed by atoms with E-state index in [0.29, 0.717) is 0 Å². The van der Waals surface area contributed by atoms with Crippen molar-refractivity contribution in [3.05, 3.63) is 0 Å². The average molecular weight is 266 g/mol. The van der Waals surface area contributed by atoms with E-state index in [4.69, 9.17) is 0 Å². The molecule has 0 aromatic rings. The van der Waals surface area contributed by atoms with Crippen LogP contribution in [0.3, 0.4) is 0 Å². The van der Waals surface area contributed by atoms with Gasteiger partial charge in [-0.05, 0) is 0 Å². The van der Waals surface area contributed by atoms with Gasteiger partial charge < -0.3 is 0 Å². The number of hydrogen-bond acceptors (Lipinski definition) is 0. The molecule has 5 heteroatoms. The Hall–Kier alpha value is 2.28. The van der Waals surface area contributed by atoms with Gasteiger partial charge in [0.25, 0.3) is 0 Å². The minimum Gasteiger partial charge on any atom is -0.0776 e. The zero-order chi connectivity index (χ0) is 0. The summed E-state index contributed by atoms with van der Waals surface area (Å²) in [5.74, 6) is 0. The van der Waals surface area contributed by atoms with Crippen molar-refractivity contribution in [1.29, 1.82) is 0 Å². The van der Waals surface area contributed by atoms with E-state index in [9.17, 15) is 0 Å². The van der Waals surface area contributed by atoms with Gasteiger partial charge in [-0.3, -0.25) is 0 Å². The van der Waals surface area contributed by atoms with Crippen molar-refractivity contribution in [1.82, 2.24) is 0 Å². The molecule has 0 bridgehead atoms. The summed E-state index contributed by atoms with van der Waals surface area (Å²) in [7, 11) is 0. The van der Waals surface area contributed by atoms with Crippen LogP contribution in [-0.4, -0.2) is 11.0 Å². The summed E-state index contributed by atoms with van der Waals surface area (Å²) in [5, 5.41) is 0. The molecule has 0 saturated carbocycles. The van der Waals surface area contributed by atoms with Gasteiger partial charge in [0, 0.05) is 79.0 Å². The molecule has 0 nitrogen and oxygen atoms in total.